The van der Waals surface area contributed by atoms with Crippen LogP contribution in [0.3, 0.4) is 0 Å². The Morgan fingerprint density at radius 2 is 1.90 bits per heavy atom. The molecule has 4 nitrogen and oxygen atoms in total. The first-order valence-electron chi connectivity index (χ1n) is 7.04. The molecule has 21 heavy (non-hydrogen) atoms. The molecule has 1 amide bonds. The molecule has 1 aromatic carbocycles. The third kappa shape index (κ3) is 3.60. The minimum Gasteiger partial charge on any atom is -0.324 e. The summed E-state index contributed by atoms with van der Waals surface area (Å²) in [7, 11) is 0. The van der Waals surface area contributed by atoms with Crippen molar-refractivity contribution in [1.29, 1.82) is 0 Å². The van der Waals surface area contributed by atoms with Crippen molar-refractivity contribution in [2.75, 3.05) is 5.32 Å². The fraction of sp³-hybridized carbons (Fsp3) is 0.294. The number of aryl methyl sites for hydroxylation is 1. The summed E-state index contributed by atoms with van der Waals surface area (Å²) in [4.78, 5) is 24.1. The van der Waals surface area contributed by atoms with E-state index in [1.165, 1.54) is 4.57 Å². The highest BCUT2D eigenvalue weighted by molar-refractivity contribution is 5.91. The van der Waals surface area contributed by atoms with Gasteiger partial charge in [0.1, 0.15) is 6.54 Å². The van der Waals surface area contributed by atoms with Crippen LogP contribution in [0.15, 0.2) is 47.4 Å². The van der Waals surface area contributed by atoms with Gasteiger partial charge in [-0.3, -0.25) is 9.59 Å². The predicted molar refractivity (Wildman–Crippen MR) is 84.6 cm³/mol. The number of nitrogens with zero attached hydrogens (tertiary/aromatic N) is 1. The van der Waals surface area contributed by atoms with Gasteiger partial charge in [0.15, 0.2) is 0 Å². The molecule has 2 rings (SSSR count). The van der Waals surface area contributed by atoms with E-state index in [9.17, 15) is 9.59 Å². The number of aromatic nitrogens is 1. The number of pyridine rings is 1. The lowest BCUT2D eigenvalue weighted by Crippen LogP contribution is -2.28. The number of carbonyl (C=O) groups is 1. The van der Waals surface area contributed by atoms with Crippen molar-refractivity contribution in [3.05, 3.63) is 64.1 Å². The van der Waals surface area contributed by atoms with E-state index in [4.69, 9.17) is 0 Å². The van der Waals surface area contributed by atoms with Gasteiger partial charge in [0.2, 0.25) is 5.91 Å². The predicted octanol–water partition coefficient (Wildman–Crippen LogP) is 2.92. The quantitative estimate of drug-likeness (QED) is 0.938. The molecule has 1 aromatic heterocycles. The molecule has 0 aliphatic rings. The number of anilines is 1. The summed E-state index contributed by atoms with van der Waals surface area (Å²) in [5.41, 5.74) is 2.39. The van der Waals surface area contributed by atoms with Gasteiger partial charge in [-0.2, -0.15) is 0 Å². The number of hydrogen-bond acceptors (Lipinski definition) is 2. The molecule has 4 heteroatoms. The van der Waals surface area contributed by atoms with E-state index in [0.717, 1.165) is 11.3 Å². The van der Waals surface area contributed by atoms with Gasteiger partial charge in [0.05, 0.1) is 0 Å². The number of benzene rings is 1. The molecule has 0 aliphatic heterocycles. The zero-order valence-electron chi connectivity index (χ0n) is 12.6. The minimum atomic E-state index is -0.198. The average molecular weight is 284 g/mol. The van der Waals surface area contributed by atoms with Crippen LogP contribution < -0.4 is 10.9 Å². The smallest absolute Gasteiger partial charge is 0.253 e. The molecule has 0 saturated carbocycles. The van der Waals surface area contributed by atoms with Crippen molar-refractivity contribution in [3.8, 4) is 0 Å². The lowest BCUT2D eigenvalue weighted by Gasteiger charge is -2.14. The second kappa shape index (κ2) is 6.39. The van der Waals surface area contributed by atoms with Crippen LogP contribution in [-0.2, 0) is 11.3 Å². The topological polar surface area (TPSA) is 51.1 Å². The van der Waals surface area contributed by atoms with Gasteiger partial charge < -0.3 is 9.88 Å². The molecule has 0 unspecified atom stereocenters. The number of rotatable bonds is 4. The maximum Gasteiger partial charge on any atom is 0.253 e. The molecule has 0 spiro atoms. The zero-order valence-corrected chi connectivity index (χ0v) is 12.6. The highest BCUT2D eigenvalue weighted by Crippen LogP contribution is 2.23. The Hall–Kier alpha value is -2.36. The number of carbonyl (C=O) groups excluding carboxylic acids is 1. The lowest BCUT2D eigenvalue weighted by molar-refractivity contribution is -0.116. The second-order valence-electron chi connectivity index (χ2n) is 5.41. The van der Waals surface area contributed by atoms with E-state index >= 15 is 0 Å². The van der Waals surface area contributed by atoms with Gasteiger partial charge in [-0.05, 0) is 30.5 Å². The van der Waals surface area contributed by atoms with Crippen molar-refractivity contribution in [2.45, 2.75) is 33.2 Å². The third-order valence-electron chi connectivity index (χ3n) is 3.38. The molecule has 1 N–H and O–H groups in total. The molecule has 0 atom stereocenters. The number of nitrogens with one attached hydrogen (secondary N) is 1. The van der Waals surface area contributed by atoms with E-state index < -0.39 is 0 Å². The standard InChI is InChI=1S/C17H20N2O2/c1-12(2)14-8-4-5-9-15(14)18-16(20)11-19-10-6-7-13(3)17(19)21/h4-10,12H,11H2,1-3H3,(H,18,20). The van der Waals surface area contributed by atoms with Crippen LogP contribution in [0.1, 0.15) is 30.9 Å². The van der Waals surface area contributed by atoms with Crippen molar-refractivity contribution < 1.29 is 4.79 Å². The third-order valence-corrected chi connectivity index (χ3v) is 3.38. The first kappa shape index (κ1) is 15.0. The fourth-order valence-corrected chi connectivity index (χ4v) is 2.24. The summed E-state index contributed by atoms with van der Waals surface area (Å²) in [5.74, 6) is 0.124. The first-order chi connectivity index (χ1) is 9.99. The Morgan fingerprint density at radius 1 is 1.19 bits per heavy atom. The summed E-state index contributed by atoms with van der Waals surface area (Å²) in [6.07, 6.45) is 1.63. The largest absolute Gasteiger partial charge is 0.324 e. The van der Waals surface area contributed by atoms with E-state index in [-0.39, 0.29) is 18.0 Å². The van der Waals surface area contributed by atoms with E-state index in [2.05, 4.69) is 19.2 Å². The van der Waals surface area contributed by atoms with Crippen LogP contribution in [0.25, 0.3) is 0 Å². The summed E-state index contributed by atoms with van der Waals surface area (Å²) in [6.45, 7) is 5.92. The highest BCUT2D eigenvalue weighted by atomic mass is 16.2. The van der Waals surface area contributed by atoms with Crippen LogP contribution in [0, 0.1) is 6.92 Å². The Kier molecular flexibility index (Phi) is 4.58. The molecule has 0 aliphatic carbocycles. The maximum absolute atomic E-state index is 12.1. The molecular formula is C17H20N2O2. The molecule has 1 heterocycles. The lowest BCUT2D eigenvalue weighted by atomic mass is 10.0. The van der Waals surface area contributed by atoms with Gasteiger partial charge in [-0.25, -0.2) is 0 Å². The first-order valence-corrected chi connectivity index (χ1v) is 7.04. The molecular weight excluding hydrogens is 264 g/mol. The summed E-state index contributed by atoms with van der Waals surface area (Å²) in [6, 6.07) is 11.2. The maximum atomic E-state index is 12.1. The highest BCUT2D eigenvalue weighted by Gasteiger charge is 2.10. The monoisotopic (exact) mass is 284 g/mol. The number of para-hydroxylation sites is 1. The Morgan fingerprint density at radius 3 is 2.62 bits per heavy atom. The second-order valence-corrected chi connectivity index (χ2v) is 5.41. The number of amides is 1. The molecule has 0 fully saturated rings. The summed E-state index contributed by atoms with van der Waals surface area (Å²) in [5, 5.41) is 2.89. The normalized spacial score (nSPS) is 10.7. The van der Waals surface area contributed by atoms with Gasteiger partial charge in [-0.15, -0.1) is 0 Å². The summed E-state index contributed by atoms with van der Waals surface area (Å²) >= 11 is 0. The van der Waals surface area contributed by atoms with E-state index in [0.29, 0.717) is 11.5 Å². The van der Waals surface area contributed by atoms with Gasteiger partial charge in [0, 0.05) is 17.4 Å². The molecule has 110 valence electrons. The van der Waals surface area contributed by atoms with Crippen LogP contribution in [0.4, 0.5) is 5.69 Å². The van der Waals surface area contributed by atoms with E-state index in [1.54, 1.807) is 25.3 Å². The Balaban J connectivity index is 2.16. The zero-order chi connectivity index (χ0) is 15.4. The molecule has 0 radical (unpaired) electrons. The van der Waals surface area contributed by atoms with Crippen molar-refractivity contribution in [1.82, 2.24) is 4.57 Å². The SMILES string of the molecule is Cc1cccn(CC(=O)Nc2ccccc2C(C)C)c1=O. The minimum absolute atomic E-state index is 0.0208. The van der Waals surface area contributed by atoms with Gasteiger partial charge in [-0.1, -0.05) is 38.1 Å². The fourth-order valence-electron chi connectivity index (χ4n) is 2.24. The van der Waals surface area contributed by atoms with Crippen LogP contribution in [-0.4, -0.2) is 10.5 Å². The number of hydrogen-bond donors (Lipinski definition) is 1. The van der Waals surface area contributed by atoms with E-state index in [1.807, 2.05) is 24.3 Å². The van der Waals surface area contributed by atoms with Crippen molar-refractivity contribution in [2.24, 2.45) is 0 Å². The molecule has 0 bridgehead atoms. The Labute approximate surface area is 124 Å². The van der Waals surface area contributed by atoms with Crippen LogP contribution in [0.2, 0.25) is 0 Å². The van der Waals surface area contributed by atoms with Gasteiger partial charge in [0.25, 0.3) is 5.56 Å². The van der Waals surface area contributed by atoms with Crippen LogP contribution >= 0.6 is 0 Å². The van der Waals surface area contributed by atoms with Crippen LogP contribution in [0.5, 0.6) is 0 Å². The van der Waals surface area contributed by atoms with Gasteiger partial charge >= 0.3 is 0 Å². The average Bonchev–Trinajstić information content (AvgIpc) is 2.44. The Bertz CT molecular complexity index is 702. The molecule has 0 saturated heterocycles. The van der Waals surface area contributed by atoms with Crippen molar-refractivity contribution in [3.63, 3.8) is 0 Å². The summed E-state index contributed by atoms with van der Waals surface area (Å²) < 4.78 is 1.42. The van der Waals surface area contributed by atoms with Crippen molar-refractivity contribution >= 4 is 11.6 Å². The molecule has 2 aromatic rings.